The van der Waals surface area contributed by atoms with Gasteiger partial charge in [0.15, 0.2) is 0 Å². The van der Waals surface area contributed by atoms with E-state index >= 15 is 0 Å². The van der Waals surface area contributed by atoms with Crippen molar-refractivity contribution in [3.8, 4) is 5.75 Å². The summed E-state index contributed by atoms with van der Waals surface area (Å²) in [5.41, 5.74) is 1.26. The van der Waals surface area contributed by atoms with Gasteiger partial charge in [0, 0.05) is 0 Å². The van der Waals surface area contributed by atoms with Gasteiger partial charge in [0.2, 0.25) is 5.95 Å². The Morgan fingerprint density at radius 2 is 1.78 bits per heavy atom. The molecule has 1 heterocycles. The lowest BCUT2D eigenvalue weighted by Gasteiger charge is -2.12. The van der Waals surface area contributed by atoms with Crippen molar-refractivity contribution < 1.29 is 14.3 Å². The zero-order valence-electron chi connectivity index (χ0n) is 14.5. The van der Waals surface area contributed by atoms with Crippen LogP contribution in [0.15, 0.2) is 66.7 Å². The Morgan fingerprint density at radius 1 is 1.04 bits per heavy atom. The largest absolute Gasteiger partial charge is 0.453 e. The molecule has 4 rings (SSSR count). The van der Waals surface area contributed by atoms with Crippen LogP contribution in [-0.4, -0.2) is 28.8 Å². The maximum atomic E-state index is 11.6. The maximum absolute atomic E-state index is 11.6. The van der Waals surface area contributed by atoms with Crippen molar-refractivity contribution in [2.75, 3.05) is 12.4 Å². The SMILES string of the molecule is COC(=O)Nc1nc2ccccc2n1C(=N)Oc1ccc2ccccc2c1. The summed E-state index contributed by atoms with van der Waals surface area (Å²) in [6, 6.07) is 20.5. The van der Waals surface area contributed by atoms with Crippen LogP contribution in [0.5, 0.6) is 5.75 Å². The second-order valence-corrected chi connectivity index (χ2v) is 5.79. The zero-order chi connectivity index (χ0) is 18.8. The molecule has 2 N–H and O–H groups in total. The molecule has 3 aromatic carbocycles. The summed E-state index contributed by atoms with van der Waals surface area (Å²) >= 11 is 0. The molecule has 0 unspecified atom stereocenters. The molecule has 0 aliphatic rings. The molecule has 0 atom stereocenters. The van der Waals surface area contributed by atoms with E-state index in [9.17, 15) is 4.79 Å². The van der Waals surface area contributed by atoms with Crippen LogP contribution in [0.3, 0.4) is 0 Å². The molecule has 0 saturated heterocycles. The van der Waals surface area contributed by atoms with Gasteiger partial charge in [-0.05, 0) is 35.0 Å². The molecule has 0 spiro atoms. The van der Waals surface area contributed by atoms with E-state index in [4.69, 9.17) is 10.1 Å². The van der Waals surface area contributed by atoms with E-state index in [1.165, 1.54) is 11.7 Å². The van der Waals surface area contributed by atoms with Gasteiger partial charge in [-0.15, -0.1) is 0 Å². The van der Waals surface area contributed by atoms with Gasteiger partial charge in [-0.3, -0.25) is 10.7 Å². The number of fused-ring (bicyclic) bond motifs is 2. The van der Waals surface area contributed by atoms with Crippen LogP contribution in [0.1, 0.15) is 0 Å². The fourth-order valence-corrected chi connectivity index (χ4v) is 2.85. The lowest BCUT2D eigenvalue weighted by Crippen LogP contribution is -2.23. The number of nitrogens with one attached hydrogen (secondary N) is 2. The van der Waals surface area contributed by atoms with Crippen LogP contribution >= 0.6 is 0 Å². The number of methoxy groups -OCH3 is 1. The molecule has 0 aliphatic carbocycles. The van der Waals surface area contributed by atoms with Crippen LogP contribution in [-0.2, 0) is 4.74 Å². The van der Waals surface area contributed by atoms with Gasteiger partial charge >= 0.3 is 12.1 Å². The Balaban J connectivity index is 1.72. The normalized spacial score (nSPS) is 10.7. The highest BCUT2D eigenvalue weighted by atomic mass is 16.5. The van der Waals surface area contributed by atoms with E-state index in [2.05, 4.69) is 15.0 Å². The standard InChI is InChI=1S/C20H16N4O3/c1-26-20(25)23-19-22-16-8-4-5-9-17(16)24(19)18(21)27-15-11-10-13-6-2-3-7-14(13)12-15/h2-12,21H,1H3,(H,22,23,25). The Kier molecular flexibility index (Phi) is 4.18. The summed E-state index contributed by atoms with van der Waals surface area (Å²) in [6.07, 6.45) is -0.676. The van der Waals surface area contributed by atoms with Gasteiger partial charge in [-0.1, -0.05) is 42.5 Å². The highest BCUT2D eigenvalue weighted by Crippen LogP contribution is 2.23. The predicted molar refractivity (Wildman–Crippen MR) is 103 cm³/mol. The van der Waals surface area contributed by atoms with E-state index in [1.807, 2.05) is 48.5 Å². The first kappa shape index (κ1) is 16.6. The van der Waals surface area contributed by atoms with Gasteiger partial charge in [-0.2, -0.15) is 0 Å². The quantitative estimate of drug-likeness (QED) is 0.413. The minimum absolute atomic E-state index is 0.147. The first-order valence-electron chi connectivity index (χ1n) is 8.24. The zero-order valence-corrected chi connectivity index (χ0v) is 14.5. The van der Waals surface area contributed by atoms with Gasteiger partial charge < -0.3 is 9.47 Å². The second kappa shape index (κ2) is 6.80. The number of rotatable bonds is 2. The van der Waals surface area contributed by atoms with Crippen LogP contribution < -0.4 is 10.1 Å². The molecule has 0 radical (unpaired) electrons. The molecule has 27 heavy (non-hydrogen) atoms. The summed E-state index contributed by atoms with van der Waals surface area (Å²) in [5.74, 6) is 0.661. The minimum atomic E-state index is -0.676. The van der Waals surface area contributed by atoms with Gasteiger partial charge in [-0.25, -0.2) is 14.3 Å². The van der Waals surface area contributed by atoms with Crippen LogP contribution in [0.2, 0.25) is 0 Å². The number of aromatic nitrogens is 2. The smallest absolute Gasteiger partial charge is 0.413 e. The number of nitrogens with zero attached hydrogens (tertiary/aromatic N) is 2. The van der Waals surface area contributed by atoms with Crippen molar-refractivity contribution >= 4 is 39.9 Å². The second-order valence-electron chi connectivity index (χ2n) is 5.79. The van der Waals surface area contributed by atoms with E-state index in [0.717, 1.165) is 10.8 Å². The number of carbonyl (C=O) groups is 1. The van der Waals surface area contributed by atoms with Gasteiger partial charge in [0.25, 0.3) is 0 Å². The van der Waals surface area contributed by atoms with Crippen molar-refractivity contribution in [1.29, 1.82) is 5.41 Å². The summed E-state index contributed by atoms with van der Waals surface area (Å²) in [4.78, 5) is 16.0. The van der Waals surface area contributed by atoms with Crippen molar-refractivity contribution in [1.82, 2.24) is 9.55 Å². The molecule has 134 valence electrons. The molecule has 1 aromatic heterocycles. The van der Waals surface area contributed by atoms with Crippen molar-refractivity contribution in [2.24, 2.45) is 0 Å². The monoisotopic (exact) mass is 360 g/mol. The molecule has 0 fully saturated rings. The Morgan fingerprint density at radius 3 is 2.59 bits per heavy atom. The lowest BCUT2D eigenvalue weighted by atomic mass is 10.1. The van der Waals surface area contributed by atoms with Crippen molar-refractivity contribution in [3.05, 3.63) is 66.7 Å². The minimum Gasteiger partial charge on any atom is -0.453 e. The number of hydrogen-bond donors (Lipinski definition) is 2. The number of imidazole rings is 1. The first-order chi connectivity index (χ1) is 13.2. The summed E-state index contributed by atoms with van der Waals surface area (Å²) < 4.78 is 11.8. The molecular weight excluding hydrogens is 344 g/mol. The number of amides is 1. The molecule has 0 saturated carbocycles. The fourth-order valence-electron chi connectivity index (χ4n) is 2.85. The van der Waals surface area contributed by atoms with Crippen molar-refractivity contribution in [2.45, 2.75) is 0 Å². The van der Waals surface area contributed by atoms with E-state index in [0.29, 0.717) is 16.8 Å². The number of hydrogen-bond acceptors (Lipinski definition) is 5. The molecule has 1 amide bonds. The third-order valence-electron chi connectivity index (χ3n) is 4.10. The fraction of sp³-hybridized carbons (Fsp3) is 0.0500. The maximum Gasteiger partial charge on any atom is 0.413 e. The van der Waals surface area contributed by atoms with Gasteiger partial charge in [0.05, 0.1) is 18.1 Å². The van der Waals surface area contributed by atoms with Crippen LogP contribution in [0.25, 0.3) is 21.8 Å². The molecule has 4 aromatic rings. The predicted octanol–water partition coefficient (Wildman–Crippen LogP) is 4.23. The number of benzene rings is 3. The summed E-state index contributed by atoms with van der Waals surface area (Å²) in [7, 11) is 1.26. The molecule has 7 nitrogen and oxygen atoms in total. The van der Waals surface area contributed by atoms with E-state index in [-0.39, 0.29) is 12.0 Å². The molecule has 7 heteroatoms. The van der Waals surface area contributed by atoms with Crippen molar-refractivity contribution in [3.63, 3.8) is 0 Å². The number of carbonyl (C=O) groups excluding carboxylic acids is 1. The average Bonchev–Trinajstić information content (AvgIpc) is 3.05. The number of ether oxygens (including phenoxy) is 2. The molecular formula is C20H16N4O3. The summed E-state index contributed by atoms with van der Waals surface area (Å²) in [6.45, 7) is 0. The number of anilines is 1. The number of para-hydroxylation sites is 2. The molecule has 0 bridgehead atoms. The summed E-state index contributed by atoms with van der Waals surface area (Å²) in [5, 5.41) is 13.0. The lowest BCUT2D eigenvalue weighted by molar-refractivity contribution is 0.186. The molecule has 0 aliphatic heterocycles. The highest BCUT2D eigenvalue weighted by Gasteiger charge is 2.18. The Bertz CT molecular complexity index is 1170. The highest BCUT2D eigenvalue weighted by molar-refractivity contribution is 5.96. The third kappa shape index (κ3) is 3.18. The Hall–Kier alpha value is -3.87. The average molecular weight is 360 g/mol. The van der Waals surface area contributed by atoms with Gasteiger partial charge in [0.1, 0.15) is 5.75 Å². The topological polar surface area (TPSA) is 89.2 Å². The van der Waals surface area contributed by atoms with E-state index in [1.54, 1.807) is 18.2 Å². The Labute approximate surface area is 154 Å². The third-order valence-corrected chi connectivity index (χ3v) is 4.10. The van der Waals surface area contributed by atoms with E-state index < -0.39 is 6.09 Å². The van der Waals surface area contributed by atoms with Crippen LogP contribution in [0.4, 0.5) is 10.7 Å². The first-order valence-corrected chi connectivity index (χ1v) is 8.24. The van der Waals surface area contributed by atoms with Crippen LogP contribution in [0, 0.1) is 5.41 Å².